The molecule has 5 heteroatoms. The van der Waals surface area contributed by atoms with E-state index in [0.29, 0.717) is 13.1 Å². The van der Waals surface area contributed by atoms with Crippen LogP contribution in [0.25, 0.3) is 0 Å². The maximum absolute atomic E-state index is 13.0. The number of fused-ring (bicyclic) bond motifs is 1. The van der Waals surface area contributed by atoms with Crippen molar-refractivity contribution in [1.29, 1.82) is 0 Å². The van der Waals surface area contributed by atoms with Crippen molar-refractivity contribution in [2.75, 3.05) is 11.9 Å². The summed E-state index contributed by atoms with van der Waals surface area (Å²) in [7, 11) is 0. The summed E-state index contributed by atoms with van der Waals surface area (Å²) in [6.45, 7) is 5.17. The minimum absolute atomic E-state index is 0.152. The van der Waals surface area contributed by atoms with Crippen LogP contribution in [-0.2, 0) is 13.0 Å². The highest BCUT2D eigenvalue weighted by atomic mass is 16.2. The SMILES string of the molecule is Cc1ccc(NC(=O)c2cccc(C(=O)N3CCc4ccccc4C3)n2)c(C)c1. The highest BCUT2D eigenvalue weighted by Crippen LogP contribution is 2.20. The molecule has 4 rings (SSSR count). The fraction of sp³-hybridized carbons (Fsp3) is 0.208. The van der Waals surface area contributed by atoms with Crippen LogP contribution in [0.3, 0.4) is 0 Å². The number of nitrogens with zero attached hydrogens (tertiary/aromatic N) is 2. The second-order valence-corrected chi connectivity index (χ2v) is 7.43. The molecule has 146 valence electrons. The van der Waals surface area contributed by atoms with Gasteiger partial charge in [0.05, 0.1) is 0 Å². The van der Waals surface area contributed by atoms with Crippen LogP contribution in [0.2, 0.25) is 0 Å². The Balaban J connectivity index is 1.51. The number of carbonyl (C=O) groups is 2. The van der Waals surface area contributed by atoms with E-state index >= 15 is 0 Å². The summed E-state index contributed by atoms with van der Waals surface area (Å²) >= 11 is 0. The quantitative estimate of drug-likeness (QED) is 0.737. The van der Waals surface area contributed by atoms with Gasteiger partial charge in [0.25, 0.3) is 11.8 Å². The lowest BCUT2D eigenvalue weighted by molar-refractivity contribution is 0.0728. The summed E-state index contributed by atoms with van der Waals surface area (Å²) in [5.74, 6) is -0.476. The summed E-state index contributed by atoms with van der Waals surface area (Å²) < 4.78 is 0. The molecule has 3 aromatic rings. The summed E-state index contributed by atoms with van der Waals surface area (Å²) in [5.41, 5.74) is 5.83. The van der Waals surface area contributed by atoms with Gasteiger partial charge in [0.15, 0.2) is 0 Å². The summed E-state index contributed by atoms with van der Waals surface area (Å²) in [4.78, 5) is 31.8. The standard InChI is InChI=1S/C24H23N3O2/c1-16-10-11-20(17(2)14-16)26-23(28)21-8-5-9-22(25-21)24(29)27-13-12-18-6-3-4-7-19(18)15-27/h3-11,14H,12-13,15H2,1-2H3,(H,26,28). The molecule has 2 heterocycles. The summed E-state index contributed by atoms with van der Waals surface area (Å²) in [6, 6.07) is 19.0. The lowest BCUT2D eigenvalue weighted by Gasteiger charge is -2.28. The first kappa shape index (κ1) is 18.9. The Morgan fingerprint density at radius 2 is 1.69 bits per heavy atom. The molecule has 1 aromatic heterocycles. The molecule has 0 unspecified atom stereocenters. The average molecular weight is 385 g/mol. The molecule has 5 nitrogen and oxygen atoms in total. The Morgan fingerprint density at radius 3 is 2.48 bits per heavy atom. The molecule has 0 saturated carbocycles. The van der Waals surface area contributed by atoms with Gasteiger partial charge >= 0.3 is 0 Å². The molecule has 0 saturated heterocycles. The van der Waals surface area contributed by atoms with Gasteiger partial charge in [-0.05, 0) is 55.2 Å². The van der Waals surface area contributed by atoms with Crippen LogP contribution < -0.4 is 5.32 Å². The highest BCUT2D eigenvalue weighted by Gasteiger charge is 2.23. The van der Waals surface area contributed by atoms with E-state index in [9.17, 15) is 9.59 Å². The molecule has 1 aliphatic heterocycles. The first-order valence-electron chi connectivity index (χ1n) is 9.73. The minimum Gasteiger partial charge on any atom is -0.333 e. The van der Waals surface area contributed by atoms with E-state index in [1.165, 1.54) is 5.56 Å². The Morgan fingerprint density at radius 1 is 0.931 bits per heavy atom. The molecular weight excluding hydrogens is 362 g/mol. The van der Waals surface area contributed by atoms with Crippen molar-refractivity contribution in [3.05, 3.63) is 94.3 Å². The van der Waals surface area contributed by atoms with Crippen molar-refractivity contribution in [2.45, 2.75) is 26.8 Å². The predicted octanol–water partition coefficient (Wildman–Crippen LogP) is 4.15. The topological polar surface area (TPSA) is 62.3 Å². The fourth-order valence-corrected chi connectivity index (χ4v) is 3.65. The maximum atomic E-state index is 13.0. The molecule has 2 aromatic carbocycles. The summed E-state index contributed by atoms with van der Waals surface area (Å²) in [6.07, 6.45) is 0.828. The molecule has 0 bridgehead atoms. The number of rotatable bonds is 3. The normalized spacial score (nSPS) is 13.0. The third kappa shape index (κ3) is 4.04. The average Bonchev–Trinajstić information content (AvgIpc) is 2.75. The van der Waals surface area contributed by atoms with Crippen LogP contribution in [0.1, 0.15) is 43.2 Å². The number of amides is 2. The molecule has 0 radical (unpaired) electrons. The zero-order valence-electron chi connectivity index (χ0n) is 16.6. The van der Waals surface area contributed by atoms with Gasteiger partial charge in [0, 0.05) is 18.8 Å². The number of aromatic nitrogens is 1. The Bertz CT molecular complexity index is 1090. The Hall–Kier alpha value is -3.47. The van der Waals surface area contributed by atoms with Crippen LogP contribution in [-0.4, -0.2) is 28.2 Å². The monoisotopic (exact) mass is 385 g/mol. The van der Waals surface area contributed by atoms with Crippen LogP contribution in [0.5, 0.6) is 0 Å². The van der Waals surface area contributed by atoms with E-state index < -0.39 is 0 Å². The van der Waals surface area contributed by atoms with Crippen molar-refractivity contribution >= 4 is 17.5 Å². The minimum atomic E-state index is -0.324. The molecule has 1 aliphatic rings. The second kappa shape index (κ2) is 7.87. The fourth-order valence-electron chi connectivity index (χ4n) is 3.65. The van der Waals surface area contributed by atoms with Gasteiger partial charge in [-0.3, -0.25) is 9.59 Å². The highest BCUT2D eigenvalue weighted by molar-refractivity contribution is 6.04. The molecule has 1 N–H and O–H groups in total. The van der Waals surface area contributed by atoms with Gasteiger partial charge < -0.3 is 10.2 Å². The van der Waals surface area contributed by atoms with E-state index in [2.05, 4.69) is 22.4 Å². The van der Waals surface area contributed by atoms with Gasteiger partial charge in [0.2, 0.25) is 0 Å². The molecular formula is C24H23N3O2. The van der Waals surface area contributed by atoms with Crippen molar-refractivity contribution in [3.8, 4) is 0 Å². The van der Waals surface area contributed by atoms with Gasteiger partial charge in [0.1, 0.15) is 11.4 Å². The first-order chi connectivity index (χ1) is 14.0. The maximum Gasteiger partial charge on any atom is 0.274 e. The third-order valence-electron chi connectivity index (χ3n) is 5.25. The van der Waals surface area contributed by atoms with Crippen LogP contribution in [0.4, 0.5) is 5.69 Å². The number of aryl methyl sites for hydroxylation is 2. The van der Waals surface area contributed by atoms with Gasteiger partial charge in [-0.25, -0.2) is 4.98 Å². The lowest BCUT2D eigenvalue weighted by Crippen LogP contribution is -2.36. The van der Waals surface area contributed by atoms with E-state index in [-0.39, 0.29) is 23.2 Å². The van der Waals surface area contributed by atoms with E-state index in [4.69, 9.17) is 0 Å². The van der Waals surface area contributed by atoms with E-state index in [0.717, 1.165) is 28.8 Å². The first-order valence-corrected chi connectivity index (χ1v) is 9.73. The Labute approximate surface area is 170 Å². The molecule has 0 spiro atoms. The summed E-state index contributed by atoms with van der Waals surface area (Å²) in [5, 5.41) is 2.89. The number of nitrogens with one attached hydrogen (secondary N) is 1. The van der Waals surface area contributed by atoms with Crippen molar-refractivity contribution in [3.63, 3.8) is 0 Å². The van der Waals surface area contributed by atoms with E-state index in [1.54, 1.807) is 23.1 Å². The zero-order chi connectivity index (χ0) is 20.4. The zero-order valence-corrected chi connectivity index (χ0v) is 16.6. The second-order valence-electron chi connectivity index (χ2n) is 7.43. The number of hydrogen-bond acceptors (Lipinski definition) is 3. The largest absolute Gasteiger partial charge is 0.333 e. The Kier molecular flexibility index (Phi) is 5.12. The number of pyridine rings is 1. The molecule has 0 atom stereocenters. The van der Waals surface area contributed by atoms with Crippen LogP contribution in [0.15, 0.2) is 60.7 Å². The molecule has 0 fully saturated rings. The molecule has 29 heavy (non-hydrogen) atoms. The smallest absolute Gasteiger partial charge is 0.274 e. The van der Waals surface area contributed by atoms with Gasteiger partial charge in [-0.1, -0.05) is 48.0 Å². The lowest BCUT2D eigenvalue weighted by atomic mass is 10.00. The van der Waals surface area contributed by atoms with Crippen LogP contribution >= 0.6 is 0 Å². The number of hydrogen-bond donors (Lipinski definition) is 1. The number of benzene rings is 2. The van der Waals surface area contributed by atoms with Crippen molar-refractivity contribution < 1.29 is 9.59 Å². The van der Waals surface area contributed by atoms with E-state index in [1.807, 2.05) is 44.2 Å². The van der Waals surface area contributed by atoms with Crippen molar-refractivity contribution in [1.82, 2.24) is 9.88 Å². The predicted molar refractivity (Wildman–Crippen MR) is 113 cm³/mol. The van der Waals surface area contributed by atoms with Gasteiger partial charge in [-0.2, -0.15) is 0 Å². The van der Waals surface area contributed by atoms with Gasteiger partial charge in [-0.15, -0.1) is 0 Å². The van der Waals surface area contributed by atoms with Crippen LogP contribution in [0, 0.1) is 13.8 Å². The number of anilines is 1. The van der Waals surface area contributed by atoms with Crippen molar-refractivity contribution in [2.24, 2.45) is 0 Å². The third-order valence-corrected chi connectivity index (χ3v) is 5.25. The number of carbonyl (C=O) groups excluding carboxylic acids is 2. The molecule has 2 amide bonds. The molecule has 0 aliphatic carbocycles.